The van der Waals surface area contributed by atoms with Gasteiger partial charge in [-0.25, -0.2) is 0 Å². The second-order valence-electron chi connectivity index (χ2n) is 16.6. The smallest absolute Gasteiger partial charge is 0.0544 e. The molecule has 0 aliphatic heterocycles. The maximum atomic E-state index is 2.51. The molecule has 1 aliphatic carbocycles. The van der Waals surface area contributed by atoms with E-state index in [4.69, 9.17) is 0 Å². The van der Waals surface area contributed by atoms with Gasteiger partial charge in [0.05, 0.1) is 22.1 Å². The Balaban J connectivity index is 1.16. The van der Waals surface area contributed by atoms with Gasteiger partial charge in [-0.3, -0.25) is 0 Å². The first kappa shape index (κ1) is 33.7. The highest BCUT2D eigenvalue weighted by molar-refractivity contribution is 6.13. The molecule has 2 heterocycles. The van der Waals surface area contributed by atoms with Gasteiger partial charge in [-0.1, -0.05) is 159 Å². The molecule has 0 amide bonds. The van der Waals surface area contributed by atoms with Gasteiger partial charge in [-0.05, 0) is 116 Å². The molecule has 278 valence electrons. The number of hydrogen-bond acceptors (Lipinski definition) is 0. The van der Waals surface area contributed by atoms with Crippen LogP contribution in [0.1, 0.15) is 25.0 Å². The summed E-state index contributed by atoms with van der Waals surface area (Å²) in [6.07, 6.45) is 0. The lowest BCUT2D eigenvalue weighted by Crippen LogP contribution is -2.15. The first-order valence-corrected chi connectivity index (χ1v) is 20.6. The topological polar surface area (TPSA) is 9.86 Å². The highest BCUT2D eigenvalue weighted by atomic mass is 15.0. The molecule has 0 atom stereocenters. The fraction of sp³-hybridized carbons (Fsp3) is 0.0526. The lowest BCUT2D eigenvalue weighted by atomic mass is 9.82. The van der Waals surface area contributed by atoms with Crippen LogP contribution in [-0.2, 0) is 5.41 Å². The molecule has 2 nitrogen and oxygen atoms in total. The molecule has 0 fully saturated rings. The Morgan fingerprint density at radius 3 is 1.37 bits per heavy atom. The molecule has 12 rings (SSSR count). The van der Waals surface area contributed by atoms with Crippen molar-refractivity contribution in [3.8, 4) is 55.9 Å². The molecule has 1 aliphatic rings. The van der Waals surface area contributed by atoms with Crippen molar-refractivity contribution < 1.29 is 0 Å². The highest BCUT2D eigenvalue weighted by Crippen LogP contribution is 2.51. The molecule has 0 spiro atoms. The summed E-state index contributed by atoms with van der Waals surface area (Å²) in [5.74, 6) is 0. The number of rotatable bonds is 5. The lowest BCUT2D eigenvalue weighted by molar-refractivity contribution is 0.661. The van der Waals surface area contributed by atoms with Crippen LogP contribution in [0.4, 0.5) is 0 Å². The van der Waals surface area contributed by atoms with E-state index in [0.29, 0.717) is 0 Å². The van der Waals surface area contributed by atoms with Crippen molar-refractivity contribution in [1.29, 1.82) is 0 Å². The zero-order valence-corrected chi connectivity index (χ0v) is 33.0. The van der Waals surface area contributed by atoms with Crippen LogP contribution in [0.2, 0.25) is 0 Å². The molecule has 9 aromatic carbocycles. The monoisotopic (exact) mass is 752 g/mol. The van der Waals surface area contributed by atoms with Gasteiger partial charge in [0, 0.05) is 38.3 Å². The molecule has 59 heavy (non-hydrogen) atoms. The van der Waals surface area contributed by atoms with Crippen LogP contribution in [0.3, 0.4) is 0 Å². The Bertz CT molecular complexity index is 3340. The van der Waals surface area contributed by atoms with Gasteiger partial charge in [0.25, 0.3) is 0 Å². The van der Waals surface area contributed by atoms with Gasteiger partial charge in [0.15, 0.2) is 0 Å². The molecular weight excluding hydrogens is 713 g/mol. The largest absolute Gasteiger partial charge is 0.309 e. The van der Waals surface area contributed by atoms with Crippen molar-refractivity contribution in [3.63, 3.8) is 0 Å². The third-order valence-electron chi connectivity index (χ3n) is 12.9. The van der Waals surface area contributed by atoms with Crippen LogP contribution in [0.25, 0.3) is 99.5 Å². The summed E-state index contributed by atoms with van der Waals surface area (Å²) in [5.41, 5.74) is 19.6. The zero-order chi connectivity index (χ0) is 39.2. The van der Waals surface area contributed by atoms with Crippen molar-refractivity contribution >= 4 is 43.6 Å². The van der Waals surface area contributed by atoms with Crippen LogP contribution in [0.5, 0.6) is 0 Å². The van der Waals surface area contributed by atoms with Crippen LogP contribution in [-0.4, -0.2) is 9.13 Å². The minimum Gasteiger partial charge on any atom is -0.309 e. The molecule has 0 saturated heterocycles. The number of hydrogen-bond donors (Lipinski definition) is 0. The molecule has 0 saturated carbocycles. The number of aromatic nitrogens is 2. The molecule has 2 heteroatoms. The van der Waals surface area contributed by atoms with Gasteiger partial charge >= 0.3 is 0 Å². The van der Waals surface area contributed by atoms with Crippen molar-refractivity contribution in [2.75, 3.05) is 0 Å². The zero-order valence-electron chi connectivity index (χ0n) is 33.0. The van der Waals surface area contributed by atoms with E-state index in [9.17, 15) is 0 Å². The molecule has 0 bridgehead atoms. The normalized spacial score (nSPS) is 13.1. The minimum absolute atomic E-state index is 0.112. The van der Waals surface area contributed by atoms with Crippen molar-refractivity contribution in [1.82, 2.24) is 9.13 Å². The summed E-state index contributed by atoms with van der Waals surface area (Å²) in [6, 6.07) is 76.2. The third kappa shape index (κ3) is 5.13. The molecular formula is C57H40N2. The van der Waals surface area contributed by atoms with Crippen molar-refractivity contribution in [2.45, 2.75) is 19.3 Å². The third-order valence-corrected chi connectivity index (χ3v) is 12.9. The van der Waals surface area contributed by atoms with E-state index < -0.39 is 0 Å². The maximum Gasteiger partial charge on any atom is 0.0544 e. The number of para-hydroxylation sites is 1. The number of nitrogens with zero attached hydrogens (tertiary/aromatic N) is 2. The summed E-state index contributed by atoms with van der Waals surface area (Å²) < 4.78 is 4.99. The quantitative estimate of drug-likeness (QED) is 0.166. The first-order valence-electron chi connectivity index (χ1n) is 20.6. The second kappa shape index (κ2) is 12.8. The standard InChI is InChI=1S/C57H40N2/c1-57(2)51-24-14-12-22-45(51)47-35-50-46-23-13-15-25-53(46)59(56(50)36-52(47)57)44-31-42(39-20-10-5-11-21-39)30-43(34-44)58-54-28-26-40(37-16-6-3-7-17-37)32-48(54)49-33-41(27-29-55(49)58)38-18-8-4-9-19-38/h3-36H,1-2H3. The van der Waals surface area contributed by atoms with Gasteiger partial charge in [-0.15, -0.1) is 0 Å². The van der Waals surface area contributed by atoms with E-state index in [-0.39, 0.29) is 5.41 Å². The lowest BCUT2D eigenvalue weighted by Gasteiger charge is -2.22. The summed E-state index contributed by atoms with van der Waals surface area (Å²) in [7, 11) is 0. The Morgan fingerprint density at radius 1 is 0.288 bits per heavy atom. The Morgan fingerprint density at radius 2 is 0.763 bits per heavy atom. The average molecular weight is 753 g/mol. The SMILES string of the molecule is CC1(C)c2ccccc2-c2cc3c4ccccc4n(-c4cc(-c5ccccc5)cc(-n5c6ccc(-c7ccccc7)cc6c6cc(-c7ccccc7)ccc65)c4)c3cc21. The van der Waals surface area contributed by atoms with E-state index in [1.165, 1.54) is 99.2 Å². The molecule has 0 radical (unpaired) electrons. The fourth-order valence-electron chi connectivity index (χ4n) is 10.0. The highest BCUT2D eigenvalue weighted by Gasteiger charge is 2.36. The van der Waals surface area contributed by atoms with Crippen molar-refractivity contribution in [3.05, 3.63) is 217 Å². The first-order chi connectivity index (χ1) is 29.0. The maximum absolute atomic E-state index is 2.51. The second-order valence-corrected chi connectivity index (χ2v) is 16.6. The van der Waals surface area contributed by atoms with E-state index in [1.807, 2.05) is 0 Å². The predicted octanol–water partition coefficient (Wildman–Crippen LogP) is 15.2. The van der Waals surface area contributed by atoms with Gasteiger partial charge < -0.3 is 9.13 Å². The Labute approximate surface area is 343 Å². The van der Waals surface area contributed by atoms with E-state index in [1.54, 1.807) is 0 Å². The summed E-state index contributed by atoms with van der Waals surface area (Å²) in [5, 5.41) is 5.01. The Kier molecular flexibility index (Phi) is 7.31. The van der Waals surface area contributed by atoms with Crippen LogP contribution >= 0.6 is 0 Å². The number of fused-ring (bicyclic) bond motifs is 9. The fourth-order valence-corrected chi connectivity index (χ4v) is 10.0. The molecule has 11 aromatic rings. The molecule has 0 unspecified atom stereocenters. The van der Waals surface area contributed by atoms with E-state index in [0.717, 1.165) is 11.4 Å². The van der Waals surface area contributed by atoms with E-state index >= 15 is 0 Å². The van der Waals surface area contributed by atoms with Gasteiger partial charge in [0.1, 0.15) is 0 Å². The van der Waals surface area contributed by atoms with Crippen LogP contribution < -0.4 is 0 Å². The minimum atomic E-state index is -0.112. The average Bonchev–Trinajstić information content (AvgIpc) is 3.88. The Hall–Kier alpha value is -7.42. The molecule has 2 aromatic heterocycles. The predicted molar refractivity (Wildman–Crippen MR) is 249 cm³/mol. The van der Waals surface area contributed by atoms with Crippen LogP contribution in [0.15, 0.2) is 206 Å². The van der Waals surface area contributed by atoms with Gasteiger partial charge in [-0.2, -0.15) is 0 Å². The number of benzene rings is 9. The summed E-state index contributed by atoms with van der Waals surface area (Å²) >= 11 is 0. The van der Waals surface area contributed by atoms with E-state index in [2.05, 4.69) is 229 Å². The summed E-state index contributed by atoms with van der Waals surface area (Å²) in [6.45, 7) is 4.75. The van der Waals surface area contributed by atoms with Gasteiger partial charge in [0.2, 0.25) is 0 Å². The van der Waals surface area contributed by atoms with Crippen LogP contribution in [0, 0.1) is 0 Å². The summed E-state index contributed by atoms with van der Waals surface area (Å²) in [4.78, 5) is 0. The molecule has 0 N–H and O–H groups in total. The van der Waals surface area contributed by atoms with Crippen molar-refractivity contribution in [2.24, 2.45) is 0 Å².